The Kier molecular flexibility index (Phi) is 10.4. The molecule has 0 aliphatic rings. The highest BCUT2D eigenvalue weighted by atomic mass is 31.1. The van der Waals surface area contributed by atoms with Crippen molar-refractivity contribution in [1.82, 2.24) is 5.06 Å². The summed E-state index contributed by atoms with van der Waals surface area (Å²) in [7, 11) is -1.78. The van der Waals surface area contributed by atoms with Gasteiger partial charge in [-0.15, -0.1) is 4.52 Å². The quantitative estimate of drug-likeness (QED) is 0.253. The van der Waals surface area contributed by atoms with Gasteiger partial charge in [0.15, 0.2) is 6.16 Å². The summed E-state index contributed by atoms with van der Waals surface area (Å²) in [4.78, 5) is 16.5. The molecule has 1 aromatic rings. The summed E-state index contributed by atoms with van der Waals surface area (Å²) in [5.41, 5.74) is 1.00. The zero-order valence-electron chi connectivity index (χ0n) is 14.3. The van der Waals surface area contributed by atoms with E-state index in [0.717, 1.165) is 18.4 Å². The molecule has 1 aromatic carbocycles. The van der Waals surface area contributed by atoms with Gasteiger partial charge in [0.25, 0.3) is 0 Å². The SMILES string of the molecule is CC[P+](=O)OC(O)CC(C)CCCN(C=O)OCc1ccccc1. The standard InChI is InChI=1S/C17H27NO5P/c1-3-24(21)23-17(20)12-15(2)8-7-11-18(14-19)22-13-16-9-5-4-6-10-16/h4-6,9-10,14-15,17,20H,3,7-8,11-13H2,1-2H3/q+1. The first kappa shape index (κ1) is 20.7. The lowest BCUT2D eigenvalue weighted by atomic mass is 10.0. The van der Waals surface area contributed by atoms with Gasteiger partial charge in [0, 0.05) is 13.0 Å². The van der Waals surface area contributed by atoms with E-state index < -0.39 is 14.3 Å². The van der Waals surface area contributed by atoms with E-state index in [1.54, 1.807) is 6.92 Å². The van der Waals surface area contributed by atoms with E-state index >= 15 is 0 Å². The van der Waals surface area contributed by atoms with Gasteiger partial charge in [-0.1, -0.05) is 37.3 Å². The molecule has 24 heavy (non-hydrogen) atoms. The molecule has 0 bridgehead atoms. The largest absolute Gasteiger partial charge is 0.510 e. The van der Waals surface area contributed by atoms with Crippen molar-refractivity contribution in [3.63, 3.8) is 0 Å². The molecule has 0 spiro atoms. The Balaban J connectivity index is 2.21. The van der Waals surface area contributed by atoms with Crippen LogP contribution in [0.5, 0.6) is 0 Å². The van der Waals surface area contributed by atoms with Crippen LogP contribution in [0.1, 0.15) is 38.7 Å². The average Bonchev–Trinajstić information content (AvgIpc) is 2.58. The summed E-state index contributed by atoms with van der Waals surface area (Å²) in [5, 5.41) is 11.0. The highest BCUT2D eigenvalue weighted by Gasteiger charge is 2.22. The second kappa shape index (κ2) is 12.1. The van der Waals surface area contributed by atoms with Gasteiger partial charge in [-0.05, 0) is 35.8 Å². The highest BCUT2D eigenvalue weighted by Crippen LogP contribution is 2.26. The van der Waals surface area contributed by atoms with Crippen LogP contribution in [0.2, 0.25) is 0 Å². The third kappa shape index (κ3) is 9.08. The fraction of sp³-hybridized carbons (Fsp3) is 0.588. The molecule has 0 aliphatic heterocycles. The van der Waals surface area contributed by atoms with Crippen LogP contribution in [0.3, 0.4) is 0 Å². The summed E-state index contributed by atoms with van der Waals surface area (Å²) >= 11 is 0. The molecule has 0 heterocycles. The number of hydrogen-bond donors (Lipinski definition) is 1. The van der Waals surface area contributed by atoms with Crippen LogP contribution < -0.4 is 0 Å². The molecule has 6 nitrogen and oxygen atoms in total. The van der Waals surface area contributed by atoms with Gasteiger partial charge >= 0.3 is 8.03 Å². The van der Waals surface area contributed by atoms with E-state index in [-0.39, 0.29) is 5.92 Å². The van der Waals surface area contributed by atoms with Gasteiger partial charge in [-0.2, -0.15) is 0 Å². The number of amides is 1. The molecular formula is C17H27NO5P+. The maximum absolute atomic E-state index is 11.2. The van der Waals surface area contributed by atoms with Crippen molar-refractivity contribution in [3.05, 3.63) is 35.9 Å². The molecule has 134 valence electrons. The predicted octanol–water partition coefficient (Wildman–Crippen LogP) is 3.48. The Morgan fingerprint density at radius 3 is 2.67 bits per heavy atom. The van der Waals surface area contributed by atoms with Crippen molar-refractivity contribution in [3.8, 4) is 0 Å². The number of aliphatic hydroxyl groups excluding tert-OH is 1. The summed E-state index contributed by atoms with van der Waals surface area (Å²) in [6.07, 6.45) is 2.06. The van der Waals surface area contributed by atoms with E-state index in [2.05, 4.69) is 0 Å². The summed E-state index contributed by atoms with van der Waals surface area (Å²) in [5.74, 6) is 0.197. The summed E-state index contributed by atoms with van der Waals surface area (Å²) in [6, 6.07) is 9.65. The maximum atomic E-state index is 11.2. The Labute approximate surface area is 144 Å². The Hall–Kier alpha value is -1.33. The lowest BCUT2D eigenvalue weighted by Crippen LogP contribution is -2.24. The van der Waals surface area contributed by atoms with Crippen LogP contribution in [0.15, 0.2) is 30.3 Å². The van der Waals surface area contributed by atoms with Crippen molar-refractivity contribution in [2.24, 2.45) is 5.92 Å². The Morgan fingerprint density at radius 1 is 1.33 bits per heavy atom. The van der Waals surface area contributed by atoms with Crippen molar-refractivity contribution >= 4 is 14.4 Å². The first-order valence-electron chi connectivity index (χ1n) is 8.23. The topological polar surface area (TPSA) is 76.1 Å². The number of carbonyl (C=O) groups is 1. The first-order valence-corrected chi connectivity index (χ1v) is 9.59. The molecule has 0 aromatic heterocycles. The smallest absolute Gasteiger partial charge is 0.364 e. The van der Waals surface area contributed by atoms with E-state index in [9.17, 15) is 14.5 Å². The van der Waals surface area contributed by atoms with Crippen LogP contribution >= 0.6 is 8.03 Å². The fourth-order valence-electron chi connectivity index (χ4n) is 2.19. The number of rotatable bonds is 13. The minimum atomic E-state index is -1.78. The van der Waals surface area contributed by atoms with Gasteiger partial charge in [0.05, 0.1) is 0 Å². The third-order valence-electron chi connectivity index (χ3n) is 3.53. The fourth-order valence-corrected chi connectivity index (χ4v) is 2.70. The molecule has 7 heteroatoms. The van der Waals surface area contributed by atoms with E-state index in [1.165, 1.54) is 5.06 Å². The highest BCUT2D eigenvalue weighted by molar-refractivity contribution is 7.39. The Bertz CT molecular complexity index is 485. The number of nitrogens with zero attached hydrogens (tertiary/aromatic N) is 1. The number of carbonyl (C=O) groups excluding carboxylic acids is 1. The van der Waals surface area contributed by atoms with Crippen LogP contribution in [0.4, 0.5) is 0 Å². The van der Waals surface area contributed by atoms with Crippen LogP contribution in [-0.4, -0.2) is 35.6 Å². The molecule has 3 unspecified atom stereocenters. The number of hydroxylamine groups is 2. The average molecular weight is 356 g/mol. The minimum Gasteiger partial charge on any atom is -0.364 e. The first-order chi connectivity index (χ1) is 11.5. The van der Waals surface area contributed by atoms with Crippen molar-refractivity contribution in [2.45, 2.75) is 46.0 Å². The minimum absolute atomic E-state index is 0.197. The van der Waals surface area contributed by atoms with E-state index in [4.69, 9.17) is 9.36 Å². The van der Waals surface area contributed by atoms with Gasteiger partial charge in [-0.3, -0.25) is 9.63 Å². The van der Waals surface area contributed by atoms with Crippen molar-refractivity contribution in [1.29, 1.82) is 0 Å². The number of hydrogen-bond acceptors (Lipinski definition) is 5. The van der Waals surface area contributed by atoms with Gasteiger partial charge in [-0.25, -0.2) is 5.06 Å². The second-order valence-electron chi connectivity index (χ2n) is 5.70. The molecule has 0 radical (unpaired) electrons. The monoisotopic (exact) mass is 356 g/mol. The van der Waals surface area contributed by atoms with Gasteiger partial charge in [0.1, 0.15) is 6.61 Å². The molecule has 0 saturated heterocycles. The van der Waals surface area contributed by atoms with E-state index in [0.29, 0.717) is 32.1 Å². The number of benzene rings is 1. The van der Waals surface area contributed by atoms with Crippen LogP contribution in [-0.2, 0) is 25.3 Å². The zero-order valence-corrected chi connectivity index (χ0v) is 15.2. The molecule has 0 aliphatic carbocycles. The summed E-state index contributed by atoms with van der Waals surface area (Å²) < 4.78 is 16.2. The zero-order chi connectivity index (χ0) is 17.8. The Morgan fingerprint density at radius 2 is 2.04 bits per heavy atom. The lowest BCUT2D eigenvalue weighted by Gasteiger charge is -2.18. The molecule has 1 rings (SSSR count). The van der Waals surface area contributed by atoms with Gasteiger partial charge < -0.3 is 5.11 Å². The van der Waals surface area contributed by atoms with Crippen molar-refractivity contribution in [2.75, 3.05) is 12.7 Å². The molecule has 1 amide bonds. The molecule has 0 saturated carbocycles. The maximum Gasteiger partial charge on any atom is 0.510 e. The van der Waals surface area contributed by atoms with Crippen molar-refractivity contribution < 1.29 is 23.8 Å². The van der Waals surface area contributed by atoms with E-state index in [1.807, 2.05) is 37.3 Å². The molecule has 1 N–H and O–H groups in total. The van der Waals surface area contributed by atoms with Crippen LogP contribution in [0, 0.1) is 5.92 Å². The second-order valence-corrected chi connectivity index (χ2v) is 7.21. The summed E-state index contributed by atoms with van der Waals surface area (Å²) in [6.45, 7) is 4.58. The molecule has 3 atom stereocenters. The van der Waals surface area contributed by atoms with Gasteiger partial charge in [0.2, 0.25) is 12.7 Å². The normalized spacial score (nSPS) is 14.0. The molecule has 0 fully saturated rings. The number of aliphatic hydroxyl groups is 1. The molecular weight excluding hydrogens is 329 g/mol. The lowest BCUT2D eigenvalue weighted by molar-refractivity contribution is -0.177. The third-order valence-corrected chi connectivity index (χ3v) is 4.53. The van der Waals surface area contributed by atoms with Crippen LogP contribution in [0.25, 0.3) is 0 Å². The predicted molar refractivity (Wildman–Crippen MR) is 92.3 cm³/mol.